The van der Waals surface area contributed by atoms with E-state index in [0.29, 0.717) is 11.7 Å². The molecule has 0 aliphatic carbocycles. The number of anilines is 1. The van der Waals surface area contributed by atoms with Gasteiger partial charge in [-0.15, -0.1) is 0 Å². The molecule has 0 aromatic carbocycles. The third kappa shape index (κ3) is 2.34. The molecule has 1 saturated heterocycles. The van der Waals surface area contributed by atoms with Crippen molar-refractivity contribution in [2.45, 2.75) is 31.9 Å². The lowest BCUT2D eigenvalue weighted by molar-refractivity contribution is -0.117. The fraction of sp³-hybridized carbons (Fsp3) is 0.636. The van der Waals surface area contributed by atoms with E-state index >= 15 is 0 Å². The minimum absolute atomic E-state index is 0.0366. The van der Waals surface area contributed by atoms with Crippen LogP contribution in [0.1, 0.15) is 23.4 Å². The Bertz CT molecular complexity index is 403. The lowest BCUT2D eigenvalue weighted by atomic mass is 10.2. The number of carbonyl (C=O) groups is 1. The first-order valence-electron chi connectivity index (χ1n) is 5.93. The number of thiazole rings is 1. The van der Waals surface area contributed by atoms with Crippen LogP contribution in [0.15, 0.2) is 0 Å². The van der Waals surface area contributed by atoms with Gasteiger partial charge >= 0.3 is 0 Å². The molecule has 1 atom stereocenters. The lowest BCUT2D eigenvalue weighted by Crippen LogP contribution is -2.35. The van der Waals surface area contributed by atoms with Crippen LogP contribution in [-0.4, -0.2) is 30.1 Å². The fourth-order valence-electron chi connectivity index (χ4n) is 2.18. The Balaban J connectivity index is 1.68. The van der Waals surface area contributed by atoms with Crippen LogP contribution < -0.4 is 10.6 Å². The van der Waals surface area contributed by atoms with Crippen molar-refractivity contribution >= 4 is 22.4 Å². The molecule has 1 aromatic heterocycles. The molecular weight excluding hydrogens is 238 g/mol. The van der Waals surface area contributed by atoms with Crippen LogP contribution in [0.25, 0.3) is 0 Å². The van der Waals surface area contributed by atoms with Crippen LogP contribution in [0.2, 0.25) is 0 Å². The van der Waals surface area contributed by atoms with Crippen LogP contribution >= 0.6 is 11.3 Å². The number of amides is 1. The molecule has 0 spiro atoms. The molecule has 0 radical (unpaired) electrons. The fourth-order valence-corrected chi connectivity index (χ4v) is 3.13. The molecule has 2 N–H and O–H groups in total. The summed E-state index contributed by atoms with van der Waals surface area (Å²) in [7, 11) is 0. The second kappa shape index (κ2) is 4.72. The standard InChI is InChI=1S/C11H15N3O2S/c15-10(8-2-1-4-12-8)14-11-13-7-3-5-16-6-9(7)17-11/h8,12H,1-6H2,(H,13,14,15). The van der Waals surface area contributed by atoms with E-state index in [1.807, 2.05) is 0 Å². The lowest BCUT2D eigenvalue weighted by Gasteiger charge is -2.08. The number of nitrogens with zero attached hydrogens (tertiary/aromatic N) is 1. The maximum absolute atomic E-state index is 11.9. The molecule has 92 valence electrons. The summed E-state index contributed by atoms with van der Waals surface area (Å²) in [6.45, 7) is 2.29. The molecule has 0 bridgehead atoms. The number of aromatic nitrogens is 1. The molecule has 3 rings (SSSR count). The minimum Gasteiger partial charge on any atom is -0.375 e. The Morgan fingerprint density at radius 3 is 3.29 bits per heavy atom. The Labute approximate surface area is 104 Å². The molecular formula is C11H15N3O2S. The van der Waals surface area contributed by atoms with Gasteiger partial charge in [0.25, 0.3) is 0 Å². The van der Waals surface area contributed by atoms with E-state index in [-0.39, 0.29) is 11.9 Å². The maximum Gasteiger partial charge on any atom is 0.243 e. The predicted molar refractivity (Wildman–Crippen MR) is 65.1 cm³/mol. The van der Waals surface area contributed by atoms with E-state index in [0.717, 1.165) is 43.0 Å². The topological polar surface area (TPSA) is 63.2 Å². The molecule has 1 fully saturated rings. The summed E-state index contributed by atoms with van der Waals surface area (Å²) in [5, 5.41) is 6.78. The van der Waals surface area contributed by atoms with Crippen molar-refractivity contribution in [3.05, 3.63) is 10.6 Å². The van der Waals surface area contributed by atoms with Crippen LogP contribution in [0.4, 0.5) is 5.13 Å². The average molecular weight is 253 g/mol. The highest BCUT2D eigenvalue weighted by molar-refractivity contribution is 7.15. The van der Waals surface area contributed by atoms with Crippen LogP contribution in [0, 0.1) is 0 Å². The van der Waals surface area contributed by atoms with Gasteiger partial charge in [0.2, 0.25) is 5.91 Å². The van der Waals surface area contributed by atoms with E-state index < -0.39 is 0 Å². The smallest absolute Gasteiger partial charge is 0.243 e. The zero-order valence-electron chi connectivity index (χ0n) is 9.49. The first-order chi connectivity index (χ1) is 8.33. The van der Waals surface area contributed by atoms with Crippen molar-refractivity contribution < 1.29 is 9.53 Å². The van der Waals surface area contributed by atoms with Crippen LogP contribution in [0.5, 0.6) is 0 Å². The second-order valence-corrected chi connectivity index (χ2v) is 5.41. The van der Waals surface area contributed by atoms with E-state index in [1.165, 1.54) is 11.3 Å². The van der Waals surface area contributed by atoms with Gasteiger partial charge in [0.1, 0.15) is 0 Å². The number of fused-ring (bicyclic) bond motifs is 1. The Morgan fingerprint density at radius 2 is 2.53 bits per heavy atom. The molecule has 6 heteroatoms. The molecule has 1 aromatic rings. The van der Waals surface area contributed by atoms with Gasteiger partial charge in [0.15, 0.2) is 5.13 Å². The zero-order chi connectivity index (χ0) is 11.7. The highest BCUT2D eigenvalue weighted by Gasteiger charge is 2.23. The maximum atomic E-state index is 11.9. The summed E-state index contributed by atoms with van der Waals surface area (Å²) >= 11 is 1.53. The van der Waals surface area contributed by atoms with E-state index in [2.05, 4.69) is 15.6 Å². The molecule has 3 heterocycles. The summed E-state index contributed by atoms with van der Waals surface area (Å²) in [6.07, 6.45) is 2.84. The third-order valence-electron chi connectivity index (χ3n) is 3.10. The van der Waals surface area contributed by atoms with Gasteiger partial charge in [0, 0.05) is 6.42 Å². The number of ether oxygens (including phenoxy) is 1. The van der Waals surface area contributed by atoms with Crippen molar-refractivity contribution in [1.82, 2.24) is 10.3 Å². The first-order valence-corrected chi connectivity index (χ1v) is 6.75. The van der Waals surface area contributed by atoms with Crippen molar-refractivity contribution in [3.63, 3.8) is 0 Å². The van der Waals surface area contributed by atoms with Gasteiger partial charge in [0.05, 0.1) is 29.8 Å². The second-order valence-electron chi connectivity index (χ2n) is 4.33. The molecule has 0 saturated carbocycles. The van der Waals surface area contributed by atoms with Gasteiger partial charge < -0.3 is 15.4 Å². The third-order valence-corrected chi connectivity index (χ3v) is 4.09. The summed E-state index contributed by atoms with van der Waals surface area (Å²) in [6, 6.07) is -0.0489. The highest BCUT2D eigenvalue weighted by Crippen LogP contribution is 2.27. The predicted octanol–water partition coefficient (Wildman–Crippen LogP) is 0.906. The average Bonchev–Trinajstić information content (AvgIpc) is 2.97. The molecule has 1 amide bonds. The number of nitrogens with one attached hydrogen (secondary N) is 2. The van der Waals surface area contributed by atoms with E-state index in [4.69, 9.17) is 4.74 Å². The Kier molecular flexibility index (Phi) is 3.09. The minimum atomic E-state index is -0.0489. The number of hydrogen-bond donors (Lipinski definition) is 2. The first kappa shape index (κ1) is 11.1. The highest BCUT2D eigenvalue weighted by atomic mass is 32.1. The quantitative estimate of drug-likeness (QED) is 0.822. The van der Waals surface area contributed by atoms with Crippen LogP contribution in [0.3, 0.4) is 0 Å². The van der Waals surface area contributed by atoms with E-state index in [1.54, 1.807) is 0 Å². The van der Waals surface area contributed by atoms with Crippen LogP contribution in [-0.2, 0) is 22.6 Å². The monoisotopic (exact) mass is 253 g/mol. The van der Waals surface area contributed by atoms with Crippen molar-refractivity contribution in [2.24, 2.45) is 0 Å². The van der Waals surface area contributed by atoms with Gasteiger partial charge in [-0.2, -0.15) is 0 Å². The summed E-state index contributed by atoms with van der Waals surface area (Å²) in [5.41, 5.74) is 1.08. The molecule has 5 nitrogen and oxygen atoms in total. The molecule has 2 aliphatic heterocycles. The Hall–Kier alpha value is -0.980. The largest absolute Gasteiger partial charge is 0.375 e. The SMILES string of the molecule is O=C(Nc1nc2c(s1)COCC2)C1CCCN1. The van der Waals surface area contributed by atoms with Gasteiger partial charge in [-0.05, 0) is 19.4 Å². The summed E-state index contributed by atoms with van der Waals surface area (Å²) in [5.74, 6) is 0.0366. The number of hydrogen-bond acceptors (Lipinski definition) is 5. The van der Waals surface area contributed by atoms with Gasteiger partial charge in [-0.1, -0.05) is 11.3 Å². The van der Waals surface area contributed by atoms with Crippen molar-refractivity contribution in [1.29, 1.82) is 0 Å². The molecule has 17 heavy (non-hydrogen) atoms. The van der Waals surface area contributed by atoms with Gasteiger partial charge in [-0.25, -0.2) is 4.98 Å². The summed E-state index contributed by atoms with van der Waals surface area (Å²) < 4.78 is 5.36. The summed E-state index contributed by atoms with van der Waals surface area (Å²) in [4.78, 5) is 17.5. The Morgan fingerprint density at radius 1 is 1.59 bits per heavy atom. The number of rotatable bonds is 2. The molecule has 1 unspecified atom stereocenters. The zero-order valence-corrected chi connectivity index (χ0v) is 10.3. The van der Waals surface area contributed by atoms with Crippen molar-refractivity contribution in [2.75, 3.05) is 18.5 Å². The normalized spacial score (nSPS) is 23.4. The van der Waals surface area contributed by atoms with E-state index in [9.17, 15) is 4.79 Å². The van der Waals surface area contributed by atoms with Gasteiger partial charge in [-0.3, -0.25) is 4.79 Å². The van der Waals surface area contributed by atoms with Crippen molar-refractivity contribution in [3.8, 4) is 0 Å². The molecule has 2 aliphatic rings. The number of carbonyl (C=O) groups excluding carboxylic acids is 1.